The van der Waals surface area contributed by atoms with Gasteiger partial charge in [0.1, 0.15) is 6.04 Å². The Morgan fingerprint density at radius 3 is 2.33 bits per heavy atom. The van der Waals surface area contributed by atoms with E-state index in [4.69, 9.17) is 17.3 Å². The van der Waals surface area contributed by atoms with Gasteiger partial charge in [0.05, 0.1) is 10.6 Å². The molecular weight excluding hydrogens is 396 g/mol. The van der Waals surface area contributed by atoms with Crippen molar-refractivity contribution in [2.24, 2.45) is 5.73 Å². The number of benzene rings is 2. The van der Waals surface area contributed by atoms with Gasteiger partial charge in [-0.1, -0.05) is 48.0 Å². The normalized spacial score (nSPS) is 11.6. The highest BCUT2D eigenvalue weighted by molar-refractivity contribution is 9.10. The molecule has 0 aliphatic carbocycles. The van der Waals surface area contributed by atoms with Crippen LogP contribution in [0.3, 0.4) is 0 Å². The second-order valence-corrected chi connectivity index (χ2v) is 6.30. The molecule has 2 aromatic rings. The van der Waals surface area contributed by atoms with Crippen LogP contribution < -0.4 is 11.1 Å². The first-order valence-corrected chi connectivity index (χ1v) is 8.19. The van der Waals surface area contributed by atoms with Crippen LogP contribution in [0.5, 0.6) is 0 Å². The van der Waals surface area contributed by atoms with Gasteiger partial charge in [-0.15, -0.1) is 0 Å². The molecule has 0 saturated heterocycles. The molecule has 1 atom stereocenters. The highest BCUT2D eigenvalue weighted by Gasteiger charge is 2.27. The van der Waals surface area contributed by atoms with Crippen LogP contribution in [0, 0.1) is 0 Å². The smallest absolute Gasteiger partial charge is 0.287 e. The summed E-state index contributed by atoms with van der Waals surface area (Å²) in [6.45, 7) is 0. The Hall–Kier alpha value is -2.18. The quantitative estimate of drug-likeness (QED) is 0.718. The van der Waals surface area contributed by atoms with E-state index >= 15 is 0 Å². The Morgan fingerprint density at radius 1 is 1.08 bits per heavy atom. The van der Waals surface area contributed by atoms with E-state index < -0.39 is 23.6 Å². The van der Waals surface area contributed by atoms with Gasteiger partial charge in [0.15, 0.2) is 0 Å². The molecule has 5 nitrogen and oxygen atoms in total. The summed E-state index contributed by atoms with van der Waals surface area (Å²) in [4.78, 5) is 35.8. The molecule has 3 N–H and O–H groups in total. The van der Waals surface area contributed by atoms with Gasteiger partial charge in [-0.05, 0) is 33.6 Å². The number of ketones is 1. The molecule has 0 saturated carbocycles. The average molecular weight is 410 g/mol. The fourth-order valence-corrected chi connectivity index (χ4v) is 3.10. The fraction of sp³-hybridized carbons (Fsp3) is 0.118. The summed E-state index contributed by atoms with van der Waals surface area (Å²) >= 11 is 9.29. The van der Waals surface area contributed by atoms with Gasteiger partial charge in [-0.25, -0.2) is 0 Å². The largest absolute Gasteiger partial charge is 0.363 e. The zero-order valence-electron chi connectivity index (χ0n) is 12.5. The maximum atomic E-state index is 12.5. The van der Waals surface area contributed by atoms with Crippen molar-refractivity contribution in [2.75, 3.05) is 0 Å². The molecule has 0 aliphatic heterocycles. The average Bonchev–Trinajstić information content (AvgIpc) is 2.54. The van der Waals surface area contributed by atoms with Gasteiger partial charge in [0.2, 0.25) is 5.78 Å². The first-order chi connectivity index (χ1) is 11.4. The van der Waals surface area contributed by atoms with Crippen molar-refractivity contribution in [2.45, 2.75) is 12.5 Å². The molecule has 0 aliphatic rings. The minimum absolute atomic E-state index is 0.149. The Bertz CT molecular complexity index is 760. The maximum Gasteiger partial charge on any atom is 0.287 e. The van der Waals surface area contributed by atoms with Crippen molar-refractivity contribution < 1.29 is 14.4 Å². The molecule has 7 heteroatoms. The number of nitrogens with one attached hydrogen (secondary N) is 1. The monoisotopic (exact) mass is 408 g/mol. The van der Waals surface area contributed by atoms with E-state index in [1.165, 1.54) is 0 Å². The number of hydrogen-bond donors (Lipinski definition) is 2. The Balaban J connectivity index is 2.26. The van der Waals surface area contributed by atoms with Crippen LogP contribution in [-0.2, 0) is 16.0 Å². The van der Waals surface area contributed by atoms with Crippen molar-refractivity contribution in [3.8, 4) is 0 Å². The molecule has 0 bridgehead atoms. The number of carbonyl (C=O) groups excluding carboxylic acids is 3. The maximum absolute atomic E-state index is 12.5. The first-order valence-electron chi connectivity index (χ1n) is 7.02. The summed E-state index contributed by atoms with van der Waals surface area (Å²) in [7, 11) is 0. The van der Waals surface area contributed by atoms with Crippen LogP contribution >= 0.6 is 27.5 Å². The lowest BCUT2D eigenvalue weighted by Crippen LogP contribution is -2.47. The SMILES string of the molecule is NC(=O)C(=O)[C@H](Cc1ccccc1)NC(=O)c1c(Cl)cccc1Br. The standard InChI is InChI=1S/C17H14BrClN2O3/c18-11-7-4-8-12(19)14(11)17(24)21-13(15(22)16(20)23)9-10-5-2-1-3-6-10/h1-8,13H,9H2,(H2,20,23)(H,21,24)/t13-/m0/s1. The van der Waals surface area contributed by atoms with Gasteiger partial charge in [-0.2, -0.15) is 0 Å². The number of Topliss-reactive ketones (excluding diaryl/α,β-unsaturated/α-hetero) is 1. The molecule has 0 heterocycles. The number of halogens is 2. The predicted molar refractivity (Wildman–Crippen MR) is 94.8 cm³/mol. The molecule has 0 aromatic heterocycles. The van der Waals surface area contributed by atoms with Crippen molar-refractivity contribution >= 4 is 45.1 Å². The first kappa shape index (κ1) is 18.2. The Morgan fingerprint density at radius 2 is 1.75 bits per heavy atom. The lowest BCUT2D eigenvalue weighted by atomic mass is 10.0. The van der Waals surface area contributed by atoms with Gasteiger partial charge < -0.3 is 11.1 Å². The number of carbonyl (C=O) groups is 3. The minimum Gasteiger partial charge on any atom is -0.363 e. The summed E-state index contributed by atoms with van der Waals surface area (Å²) in [5.41, 5.74) is 6.07. The highest BCUT2D eigenvalue weighted by atomic mass is 79.9. The van der Waals surface area contributed by atoms with E-state index in [0.717, 1.165) is 5.56 Å². The van der Waals surface area contributed by atoms with Gasteiger partial charge in [-0.3, -0.25) is 14.4 Å². The number of hydrogen-bond acceptors (Lipinski definition) is 3. The fourth-order valence-electron chi connectivity index (χ4n) is 2.18. The topological polar surface area (TPSA) is 89.3 Å². The number of nitrogens with two attached hydrogens (primary N) is 1. The van der Waals surface area contributed by atoms with E-state index in [9.17, 15) is 14.4 Å². The van der Waals surface area contributed by atoms with Gasteiger partial charge in [0.25, 0.3) is 11.8 Å². The second-order valence-electron chi connectivity index (χ2n) is 5.04. The molecule has 24 heavy (non-hydrogen) atoms. The zero-order chi connectivity index (χ0) is 17.7. The third kappa shape index (κ3) is 4.43. The van der Waals surface area contributed by atoms with Crippen molar-refractivity contribution in [3.05, 3.63) is 69.2 Å². The lowest BCUT2D eigenvalue weighted by molar-refractivity contribution is -0.137. The van der Waals surface area contributed by atoms with Crippen LogP contribution in [0.15, 0.2) is 53.0 Å². The third-order valence-electron chi connectivity index (χ3n) is 3.34. The van der Waals surface area contributed by atoms with Crippen LogP contribution in [0.2, 0.25) is 5.02 Å². The van der Waals surface area contributed by atoms with Crippen molar-refractivity contribution in [3.63, 3.8) is 0 Å². The van der Waals surface area contributed by atoms with Gasteiger partial charge in [0, 0.05) is 10.9 Å². The molecule has 0 unspecified atom stereocenters. The number of rotatable bonds is 6. The summed E-state index contributed by atoms with van der Waals surface area (Å²) in [6.07, 6.45) is 0.149. The Kier molecular flexibility index (Phi) is 6.11. The summed E-state index contributed by atoms with van der Waals surface area (Å²) in [6, 6.07) is 12.8. The molecule has 0 spiro atoms. The van der Waals surface area contributed by atoms with Crippen molar-refractivity contribution in [1.29, 1.82) is 0 Å². The van der Waals surface area contributed by atoms with Crippen molar-refractivity contribution in [1.82, 2.24) is 5.32 Å². The van der Waals surface area contributed by atoms with Crippen LogP contribution in [0.25, 0.3) is 0 Å². The van der Waals surface area contributed by atoms with Crippen LogP contribution in [-0.4, -0.2) is 23.6 Å². The van der Waals surface area contributed by atoms with E-state index in [2.05, 4.69) is 21.2 Å². The van der Waals surface area contributed by atoms with E-state index in [0.29, 0.717) is 4.47 Å². The molecular formula is C17H14BrClN2O3. The van der Waals surface area contributed by atoms with E-state index in [1.54, 1.807) is 42.5 Å². The second kappa shape index (κ2) is 8.08. The molecule has 0 fully saturated rings. The molecule has 2 amide bonds. The molecule has 124 valence electrons. The molecule has 0 radical (unpaired) electrons. The zero-order valence-corrected chi connectivity index (χ0v) is 14.8. The Labute approximate surface area is 152 Å². The number of primary amides is 1. The number of amides is 2. The third-order valence-corrected chi connectivity index (χ3v) is 4.31. The van der Waals surface area contributed by atoms with Gasteiger partial charge >= 0.3 is 0 Å². The highest BCUT2D eigenvalue weighted by Crippen LogP contribution is 2.24. The minimum atomic E-state index is -1.10. The lowest BCUT2D eigenvalue weighted by Gasteiger charge is -2.17. The van der Waals surface area contributed by atoms with Crippen LogP contribution in [0.4, 0.5) is 0 Å². The van der Waals surface area contributed by atoms with Crippen LogP contribution in [0.1, 0.15) is 15.9 Å². The predicted octanol–water partition coefficient (Wildman–Crippen LogP) is 2.50. The van der Waals surface area contributed by atoms with E-state index in [-0.39, 0.29) is 17.0 Å². The molecule has 2 rings (SSSR count). The summed E-state index contributed by atoms with van der Waals surface area (Å²) in [5.74, 6) is -2.53. The van der Waals surface area contributed by atoms with E-state index in [1.807, 2.05) is 6.07 Å². The summed E-state index contributed by atoms with van der Waals surface area (Å²) in [5, 5.41) is 2.77. The molecule has 2 aromatic carbocycles. The summed E-state index contributed by atoms with van der Waals surface area (Å²) < 4.78 is 0.484.